The van der Waals surface area contributed by atoms with Gasteiger partial charge in [-0.15, -0.1) is 0 Å². The number of aliphatic hydroxyl groups excluding tert-OH is 2. The van der Waals surface area contributed by atoms with E-state index in [0.717, 1.165) is 38.2 Å². The standard InChI is InChI=1S/C20H32O4/c1-16(21)12-10-8-6-4-2-3-5-7-9-11-13-17-14-18(22)15-19(23)20(17)24/h14-16,21,23H,2-13H2,1H3. The van der Waals surface area contributed by atoms with E-state index >= 15 is 0 Å². The number of ketones is 2. The van der Waals surface area contributed by atoms with Gasteiger partial charge in [-0.3, -0.25) is 9.59 Å². The van der Waals surface area contributed by atoms with Crippen LogP contribution in [-0.2, 0) is 9.59 Å². The summed E-state index contributed by atoms with van der Waals surface area (Å²) >= 11 is 0. The maximum atomic E-state index is 11.7. The van der Waals surface area contributed by atoms with Crippen LogP contribution in [0.3, 0.4) is 0 Å². The van der Waals surface area contributed by atoms with Gasteiger partial charge < -0.3 is 10.2 Å². The molecule has 2 N–H and O–H groups in total. The smallest absolute Gasteiger partial charge is 0.223 e. The van der Waals surface area contributed by atoms with Crippen molar-refractivity contribution in [1.82, 2.24) is 0 Å². The second kappa shape index (κ2) is 12.0. The van der Waals surface area contributed by atoms with Crippen molar-refractivity contribution in [3.05, 3.63) is 23.5 Å². The Morgan fingerprint density at radius 1 is 0.833 bits per heavy atom. The SMILES string of the molecule is CC(O)CCCCCCCCCCCCC1=CC(=O)C=C(O)C1=O. The minimum Gasteiger partial charge on any atom is -0.504 e. The maximum Gasteiger partial charge on any atom is 0.223 e. The normalized spacial score (nSPS) is 16.1. The minimum absolute atomic E-state index is 0.164. The minimum atomic E-state index is -0.425. The quantitative estimate of drug-likeness (QED) is 0.382. The first-order valence-electron chi connectivity index (χ1n) is 9.38. The molecule has 4 heteroatoms. The van der Waals surface area contributed by atoms with Crippen LogP contribution in [0.4, 0.5) is 0 Å². The summed E-state index contributed by atoms with van der Waals surface area (Å²) in [6.07, 6.45) is 15.4. The molecule has 1 aliphatic rings. The summed E-state index contributed by atoms with van der Waals surface area (Å²) in [4.78, 5) is 23.0. The molecule has 0 saturated carbocycles. The van der Waals surface area contributed by atoms with Crippen molar-refractivity contribution in [3.63, 3.8) is 0 Å². The topological polar surface area (TPSA) is 74.6 Å². The fourth-order valence-corrected chi connectivity index (χ4v) is 3.00. The molecular weight excluding hydrogens is 304 g/mol. The molecule has 1 rings (SSSR count). The van der Waals surface area contributed by atoms with Gasteiger partial charge in [-0.1, -0.05) is 57.8 Å². The Morgan fingerprint density at radius 3 is 1.88 bits per heavy atom. The van der Waals surface area contributed by atoms with Crippen LogP contribution >= 0.6 is 0 Å². The first kappa shape index (κ1) is 20.6. The lowest BCUT2D eigenvalue weighted by Crippen LogP contribution is -2.13. The van der Waals surface area contributed by atoms with E-state index in [0.29, 0.717) is 12.0 Å². The first-order chi connectivity index (χ1) is 11.5. The van der Waals surface area contributed by atoms with Crippen LogP contribution in [0.5, 0.6) is 0 Å². The summed E-state index contributed by atoms with van der Waals surface area (Å²) in [5, 5.41) is 18.5. The van der Waals surface area contributed by atoms with Crippen LogP contribution in [0, 0.1) is 0 Å². The predicted molar refractivity (Wildman–Crippen MR) is 95.9 cm³/mol. The zero-order valence-electron chi connectivity index (χ0n) is 14.9. The molecule has 0 bridgehead atoms. The molecule has 0 saturated heterocycles. The van der Waals surface area contributed by atoms with Crippen molar-refractivity contribution in [2.45, 2.75) is 90.1 Å². The molecular formula is C20H32O4. The van der Waals surface area contributed by atoms with Crippen molar-refractivity contribution in [1.29, 1.82) is 0 Å². The fourth-order valence-electron chi connectivity index (χ4n) is 3.00. The molecule has 1 aliphatic carbocycles. The number of allylic oxidation sites excluding steroid dienone is 3. The van der Waals surface area contributed by atoms with Crippen molar-refractivity contribution in [2.24, 2.45) is 0 Å². The second-order valence-corrected chi connectivity index (χ2v) is 6.85. The van der Waals surface area contributed by atoms with E-state index in [1.807, 2.05) is 6.92 Å². The summed E-state index contributed by atoms with van der Waals surface area (Å²) in [6.45, 7) is 1.85. The zero-order chi connectivity index (χ0) is 17.8. The van der Waals surface area contributed by atoms with Crippen LogP contribution in [0.2, 0.25) is 0 Å². The van der Waals surface area contributed by atoms with Gasteiger partial charge in [-0.2, -0.15) is 0 Å². The molecule has 0 fully saturated rings. The molecule has 1 atom stereocenters. The number of unbranched alkanes of at least 4 members (excludes halogenated alkanes) is 9. The predicted octanol–water partition coefficient (Wildman–Crippen LogP) is 4.57. The van der Waals surface area contributed by atoms with Crippen molar-refractivity contribution in [2.75, 3.05) is 0 Å². The van der Waals surface area contributed by atoms with Crippen molar-refractivity contribution >= 4 is 11.6 Å². The Kier molecular flexibility index (Phi) is 10.3. The molecule has 0 spiro atoms. The number of hydrogen-bond acceptors (Lipinski definition) is 4. The van der Waals surface area contributed by atoms with Gasteiger partial charge in [0.2, 0.25) is 5.78 Å². The Morgan fingerprint density at radius 2 is 1.33 bits per heavy atom. The average Bonchev–Trinajstić information content (AvgIpc) is 2.52. The lowest BCUT2D eigenvalue weighted by atomic mass is 9.96. The van der Waals surface area contributed by atoms with Gasteiger partial charge >= 0.3 is 0 Å². The number of carbonyl (C=O) groups excluding carboxylic acids is 2. The number of rotatable bonds is 13. The monoisotopic (exact) mass is 336 g/mol. The van der Waals surface area contributed by atoms with Gasteiger partial charge in [0.05, 0.1) is 6.10 Å². The van der Waals surface area contributed by atoms with E-state index < -0.39 is 11.5 Å². The lowest BCUT2D eigenvalue weighted by molar-refractivity contribution is -0.117. The van der Waals surface area contributed by atoms with Crippen molar-refractivity contribution in [3.8, 4) is 0 Å². The van der Waals surface area contributed by atoms with Crippen molar-refractivity contribution < 1.29 is 19.8 Å². The fraction of sp³-hybridized carbons (Fsp3) is 0.700. The summed E-state index contributed by atoms with van der Waals surface area (Å²) in [6, 6.07) is 0. The van der Waals surface area contributed by atoms with E-state index in [-0.39, 0.29) is 11.9 Å². The number of aliphatic hydroxyl groups is 2. The molecule has 0 aromatic carbocycles. The number of carbonyl (C=O) groups is 2. The Hall–Kier alpha value is -1.42. The van der Waals surface area contributed by atoms with Gasteiger partial charge in [0.15, 0.2) is 11.5 Å². The number of hydrogen-bond donors (Lipinski definition) is 2. The van der Waals surface area contributed by atoms with Crippen LogP contribution in [0.1, 0.15) is 84.0 Å². The third-order valence-electron chi connectivity index (χ3n) is 4.44. The number of Topliss-reactive ketones (excluding diaryl/α,β-unsaturated/α-hetero) is 1. The molecule has 0 aliphatic heterocycles. The van der Waals surface area contributed by atoms with E-state index in [4.69, 9.17) is 5.11 Å². The molecule has 0 amide bonds. The Bertz CT molecular complexity index is 460. The third-order valence-corrected chi connectivity index (χ3v) is 4.44. The Labute approximate surface area is 145 Å². The molecule has 24 heavy (non-hydrogen) atoms. The van der Waals surface area contributed by atoms with E-state index in [1.54, 1.807) is 0 Å². The van der Waals surface area contributed by atoms with E-state index in [1.165, 1.54) is 44.6 Å². The zero-order valence-corrected chi connectivity index (χ0v) is 14.9. The van der Waals surface area contributed by atoms with Gasteiger partial charge in [0, 0.05) is 11.6 Å². The molecule has 136 valence electrons. The van der Waals surface area contributed by atoms with Gasteiger partial charge in [0.25, 0.3) is 0 Å². The highest BCUT2D eigenvalue weighted by molar-refractivity contribution is 6.19. The van der Waals surface area contributed by atoms with Crippen LogP contribution in [-0.4, -0.2) is 27.9 Å². The van der Waals surface area contributed by atoms with Crippen LogP contribution in [0.25, 0.3) is 0 Å². The molecule has 1 unspecified atom stereocenters. The van der Waals surface area contributed by atoms with Gasteiger partial charge in [-0.25, -0.2) is 0 Å². The lowest BCUT2D eigenvalue weighted by Gasteiger charge is -2.09. The molecule has 0 heterocycles. The van der Waals surface area contributed by atoms with Gasteiger partial charge in [0.1, 0.15) is 0 Å². The third kappa shape index (κ3) is 9.02. The van der Waals surface area contributed by atoms with Crippen LogP contribution < -0.4 is 0 Å². The largest absolute Gasteiger partial charge is 0.504 e. The van der Waals surface area contributed by atoms with E-state index in [9.17, 15) is 14.7 Å². The van der Waals surface area contributed by atoms with E-state index in [2.05, 4.69) is 0 Å². The average molecular weight is 336 g/mol. The summed E-state index contributed by atoms with van der Waals surface area (Å²) in [5.41, 5.74) is 0.442. The highest BCUT2D eigenvalue weighted by Crippen LogP contribution is 2.18. The highest BCUT2D eigenvalue weighted by Gasteiger charge is 2.20. The molecule has 0 aromatic rings. The Balaban J connectivity index is 1.93. The second-order valence-electron chi connectivity index (χ2n) is 6.85. The molecule has 0 aromatic heterocycles. The van der Waals surface area contributed by atoms with Gasteiger partial charge in [-0.05, 0) is 32.3 Å². The molecule has 0 radical (unpaired) electrons. The first-order valence-corrected chi connectivity index (χ1v) is 9.38. The summed E-state index contributed by atoms with van der Waals surface area (Å²) < 4.78 is 0. The summed E-state index contributed by atoms with van der Waals surface area (Å²) in [5.74, 6) is -1.12. The summed E-state index contributed by atoms with van der Waals surface area (Å²) in [7, 11) is 0. The van der Waals surface area contributed by atoms with Crippen LogP contribution in [0.15, 0.2) is 23.5 Å². The molecule has 4 nitrogen and oxygen atoms in total. The highest BCUT2D eigenvalue weighted by atomic mass is 16.3. The maximum absolute atomic E-state index is 11.7.